The molecule has 1 fully saturated rings. The van der Waals surface area contributed by atoms with Gasteiger partial charge in [0.25, 0.3) is 0 Å². The first-order chi connectivity index (χ1) is 20.8. The second-order valence-corrected chi connectivity index (χ2v) is 12.7. The molecule has 11 nitrogen and oxygen atoms in total. The molecule has 3 N–H and O–H groups in total. The number of ether oxygens (including phenoxy) is 2. The highest BCUT2D eigenvalue weighted by Crippen LogP contribution is 2.40. The van der Waals surface area contributed by atoms with Gasteiger partial charge in [-0.2, -0.15) is 13.2 Å². The Kier molecular flexibility index (Phi) is 11.0. The minimum absolute atomic E-state index is 0.0143. The number of carboxylic acids is 1. The Bertz CT molecular complexity index is 1370. The van der Waals surface area contributed by atoms with Gasteiger partial charge in [0.05, 0.1) is 23.0 Å². The van der Waals surface area contributed by atoms with Crippen LogP contribution in [0.15, 0.2) is 36.4 Å². The molecular formula is C31H42F3N5O6. The smallest absolute Gasteiger partial charge is 0.418 e. The molecule has 0 radical (unpaired) electrons. The fourth-order valence-electron chi connectivity index (χ4n) is 4.88. The number of para-hydroxylation sites is 1. The van der Waals surface area contributed by atoms with E-state index in [1.54, 1.807) is 48.6 Å². The normalized spacial score (nSPS) is 17.2. The van der Waals surface area contributed by atoms with Crippen LogP contribution in [-0.2, 0) is 20.4 Å². The number of nitrogens with zero attached hydrogens (tertiary/aromatic N) is 3. The summed E-state index contributed by atoms with van der Waals surface area (Å²) in [5.41, 5.74) is -2.58. The van der Waals surface area contributed by atoms with E-state index >= 15 is 0 Å². The zero-order valence-electron chi connectivity index (χ0n) is 26.6. The summed E-state index contributed by atoms with van der Waals surface area (Å²) in [6.07, 6.45) is -5.98. The van der Waals surface area contributed by atoms with Crippen molar-refractivity contribution < 1.29 is 42.1 Å². The number of benzene rings is 1. The summed E-state index contributed by atoms with van der Waals surface area (Å²) in [5, 5.41) is 15.8. The Balaban J connectivity index is 2.10. The number of halogens is 3. The minimum Gasteiger partial charge on any atom is -0.480 e. The number of alkyl halides is 3. The largest absolute Gasteiger partial charge is 0.480 e. The standard InChI is InChI=1S/C31H42F3N5O6/c1-29(2,3)44-27(42)38-18-19(17-23(38)26(40)41)39(28(43)45-30(4,5)6)24-14-9-13-22(37-24)20-11-8-12-21(31(32,33)34)25(20)36-16-10-15-35-7/h8-9,11-14,19,23,35-36H,10,15-18H2,1-7H3,(H,40,41). The predicted octanol–water partition coefficient (Wildman–Crippen LogP) is 5.99. The Morgan fingerprint density at radius 2 is 1.64 bits per heavy atom. The summed E-state index contributed by atoms with van der Waals surface area (Å²) in [6.45, 7) is 10.5. The molecule has 0 spiro atoms. The van der Waals surface area contributed by atoms with Gasteiger partial charge in [0.15, 0.2) is 0 Å². The van der Waals surface area contributed by atoms with E-state index in [1.807, 2.05) is 0 Å². The molecule has 2 amide bonds. The van der Waals surface area contributed by atoms with Crippen molar-refractivity contribution in [2.24, 2.45) is 0 Å². The number of likely N-dealkylation sites (tertiary alicyclic amines) is 1. The first-order valence-corrected chi connectivity index (χ1v) is 14.6. The zero-order chi connectivity index (χ0) is 33.7. The number of rotatable bonds is 9. The summed E-state index contributed by atoms with van der Waals surface area (Å²) in [6, 6.07) is 6.09. The van der Waals surface area contributed by atoms with E-state index in [0.717, 1.165) is 15.9 Å². The SMILES string of the molecule is CNCCCNc1c(-c2cccc(N(C(=O)OC(C)(C)C)C3CC(C(=O)O)N(C(=O)OC(C)(C)C)C3)n2)cccc1C(F)(F)F. The number of carbonyl (C=O) groups is 3. The van der Waals surface area contributed by atoms with Crippen LogP contribution in [0.4, 0.5) is 34.3 Å². The molecule has 1 aliphatic rings. The van der Waals surface area contributed by atoms with Gasteiger partial charge in [-0.05, 0) is 79.8 Å². The maximum Gasteiger partial charge on any atom is 0.418 e. The van der Waals surface area contributed by atoms with Crippen molar-refractivity contribution in [2.75, 3.05) is 36.9 Å². The number of hydrogen-bond acceptors (Lipinski definition) is 8. The Hall–Kier alpha value is -4.07. The summed E-state index contributed by atoms with van der Waals surface area (Å²) < 4.78 is 53.3. The predicted molar refractivity (Wildman–Crippen MR) is 163 cm³/mol. The molecule has 0 aliphatic carbocycles. The number of anilines is 2. The molecule has 14 heteroatoms. The monoisotopic (exact) mass is 637 g/mol. The quantitative estimate of drug-likeness (QED) is 0.284. The fourth-order valence-corrected chi connectivity index (χ4v) is 4.88. The molecule has 1 aromatic heterocycles. The van der Waals surface area contributed by atoms with Gasteiger partial charge >= 0.3 is 24.3 Å². The van der Waals surface area contributed by atoms with Gasteiger partial charge in [-0.25, -0.2) is 19.4 Å². The highest BCUT2D eigenvalue weighted by atomic mass is 19.4. The maximum atomic E-state index is 14.1. The lowest BCUT2D eigenvalue weighted by molar-refractivity contribution is -0.142. The Labute approximate surface area is 261 Å². The van der Waals surface area contributed by atoms with E-state index in [1.165, 1.54) is 30.3 Å². The average Bonchev–Trinajstić information content (AvgIpc) is 3.34. The lowest BCUT2D eigenvalue weighted by Crippen LogP contribution is -2.46. The van der Waals surface area contributed by atoms with E-state index in [-0.39, 0.29) is 42.3 Å². The average molecular weight is 638 g/mol. The third kappa shape index (κ3) is 9.46. The van der Waals surface area contributed by atoms with Crippen molar-refractivity contribution in [2.45, 2.75) is 83.8 Å². The van der Waals surface area contributed by atoms with E-state index in [9.17, 15) is 32.7 Å². The van der Waals surface area contributed by atoms with Crippen LogP contribution < -0.4 is 15.5 Å². The molecular weight excluding hydrogens is 595 g/mol. The van der Waals surface area contributed by atoms with Crippen molar-refractivity contribution in [3.63, 3.8) is 0 Å². The molecule has 0 saturated carbocycles. The Morgan fingerprint density at radius 3 is 2.22 bits per heavy atom. The lowest BCUT2D eigenvalue weighted by Gasteiger charge is -2.31. The minimum atomic E-state index is -4.65. The zero-order valence-corrected chi connectivity index (χ0v) is 26.6. The highest BCUT2D eigenvalue weighted by molar-refractivity contribution is 5.90. The van der Waals surface area contributed by atoms with Gasteiger partial charge in [0.2, 0.25) is 0 Å². The van der Waals surface area contributed by atoms with Gasteiger partial charge in [0, 0.05) is 25.1 Å². The van der Waals surface area contributed by atoms with Crippen LogP contribution in [0.25, 0.3) is 11.3 Å². The maximum absolute atomic E-state index is 14.1. The van der Waals surface area contributed by atoms with E-state index in [2.05, 4.69) is 15.6 Å². The molecule has 2 unspecified atom stereocenters. The van der Waals surface area contributed by atoms with Crippen molar-refractivity contribution in [3.05, 3.63) is 42.0 Å². The van der Waals surface area contributed by atoms with Crippen LogP contribution in [-0.4, -0.2) is 83.1 Å². The third-order valence-corrected chi connectivity index (χ3v) is 6.68. The summed E-state index contributed by atoms with van der Waals surface area (Å²) in [7, 11) is 1.75. The summed E-state index contributed by atoms with van der Waals surface area (Å²) in [5.74, 6) is -1.27. The number of carbonyl (C=O) groups excluding carboxylic acids is 2. The molecule has 1 aliphatic heterocycles. The Morgan fingerprint density at radius 1 is 1.00 bits per heavy atom. The number of nitrogens with one attached hydrogen (secondary N) is 2. The van der Waals surface area contributed by atoms with E-state index < -0.39 is 53.2 Å². The van der Waals surface area contributed by atoms with Gasteiger partial charge in [-0.15, -0.1) is 0 Å². The van der Waals surface area contributed by atoms with Crippen LogP contribution in [0.5, 0.6) is 0 Å². The van der Waals surface area contributed by atoms with Crippen molar-refractivity contribution in [1.29, 1.82) is 0 Å². The number of carboxylic acid groups (broad SMARTS) is 1. The first-order valence-electron chi connectivity index (χ1n) is 14.6. The molecule has 1 aromatic carbocycles. The van der Waals surface area contributed by atoms with Gasteiger partial charge in [0.1, 0.15) is 23.1 Å². The van der Waals surface area contributed by atoms with Crippen LogP contribution in [0.1, 0.15) is 59.9 Å². The van der Waals surface area contributed by atoms with Crippen LogP contribution in [0.2, 0.25) is 0 Å². The lowest BCUT2D eigenvalue weighted by atomic mass is 10.0. The fraction of sp³-hybridized carbons (Fsp3) is 0.548. The molecule has 2 heterocycles. The first kappa shape index (κ1) is 35.4. The molecule has 2 aromatic rings. The van der Waals surface area contributed by atoms with Gasteiger partial charge in [-0.3, -0.25) is 9.80 Å². The van der Waals surface area contributed by atoms with E-state index in [4.69, 9.17) is 9.47 Å². The van der Waals surface area contributed by atoms with Crippen molar-refractivity contribution in [1.82, 2.24) is 15.2 Å². The molecule has 0 bridgehead atoms. The highest BCUT2D eigenvalue weighted by Gasteiger charge is 2.46. The van der Waals surface area contributed by atoms with Crippen LogP contribution >= 0.6 is 0 Å². The molecule has 3 rings (SSSR count). The molecule has 248 valence electrons. The number of amides is 2. The topological polar surface area (TPSA) is 133 Å². The number of pyridine rings is 1. The number of aliphatic carboxylic acids is 1. The second kappa shape index (κ2) is 13.9. The van der Waals surface area contributed by atoms with Gasteiger partial charge < -0.3 is 25.2 Å². The van der Waals surface area contributed by atoms with Gasteiger partial charge in [-0.1, -0.05) is 18.2 Å². The van der Waals surface area contributed by atoms with E-state index in [0.29, 0.717) is 13.0 Å². The van der Waals surface area contributed by atoms with Crippen molar-refractivity contribution >= 4 is 29.7 Å². The van der Waals surface area contributed by atoms with Crippen molar-refractivity contribution in [3.8, 4) is 11.3 Å². The third-order valence-electron chi connectivity index (χ3n) is 6.68. The van der Waals surface area contributed by atoms with Crippen LogP contribution in [0.3, 0.4) is 0 Å². The summed E-state index contributed by atoms with van der Waals surface area (Å²) in [4.78, 5) is 45.6. The molecule has 45 heavy (non-hydrogen) atoms. The summed E-state index contributed by atoms with van der Waals surface area (Å²) >= 11 is 0. The number of hydrogen-bond donors (Lipinski definition) is 3. The van der Waals surface area contributed by atoms with Crippen LogP contribution in [0, 0.1) is 0 Å². The number of aromatic nitrogens is 1. The molecule has 2 atom stereocenters. The second-order valence-electron chi connectivity index (χ2n) is 12.7. The molecule has 1 saturated heterocycles.